The Morgan fingerprint density at radius 1 is 0.365 bits per heavy atom. The summed E-state index contributed by atoms with van der Waals surface area (Å²) in [5.41, 5.74) is 4.25. The summed E-state index contributed by atoms with van der Waals surface area (Å²) in [6.07, 6.45) is -16.0. The van der Waals surface area contributed by atoms with E-state index >= 15 is 0 Å². The SMILES string of the molecule is CC(=O)N[C@H]1[C@H](OCCOCCOCCNC(=O)CCOCC(COCCC(=O)NCCOCCOCCO[C@@H]2O[C@H](CO)[C@H](O)[C@H](O)[C@H]2NC(C)=O)(COCCC(=O)NCCOCCOCCO[C@@H]2O[C@H](CO)[C@H](O)[C@H](O)[C@H]2NC(C)=O)NC(=O)CN)O[C@H](CO)[C@H](O)[C@@H]1O. The highest BCUT2D eigenvalue weighted by Crippen LogP contribution is 2.25. The smallest absolute Gasteiger partial charge is 0.234 e. The van der Waals surface area contributed by atoms with Crippen LogP contribution in [0, 0.1) is 0 Å². The Morgan fingerprint density at radius 2 is 0.625 bits per heavy atom. The van der Waals surface area contributed by atoms with Crippen LogP contribution in [0.25, 0.3) is 0 Å². The van der Waals surface area contributed by atoms with Crippen LogP contribution >= 0.6 is 0 Å². The fraction of sp³-hybridized carbons (Fsp3) is 0.877. The van der Waals surface area contributed by atoms with E-state index in [9.17, 15) is 79.5 Å². The molecule has 0 aromatic carbocycles. The molecule has 15 atom stereocenters. The third-order valence-corrected chi connectivity index (χ3v) is 14.2. The first kappa shape index (κ1) is 85.5. The predicted molar refractivity (Wildman–Crippen MR) is 324 cm³/mol. The van der Waals surface area contributed by atoms with Crippen molar-refractivity contribution in [3.63, 3.8) is 0 Å². The molecule has 7 amide bonds. The van der Waals surface area contributed by atoms with E-state index in [4.69, 9.17) is 76.8 Å². The topological polar surface area (TPSA) is 550 Å². The molecular weight excluding hydrogens is 1290 g/mol. The number of carbonyl (C=O) groups excluding carboxylic acids is 7. The summed E-state index contributed by atoms with van der Waals surface area (Å²) >= 11 is 0. The summed E-state index contributed by atoms with van der Waals surface area (Å²) in [5, 5.41) is 109. The largest absolute Gasteiger partial charge is 0.394 e. The molecule has 3 saturated heterocycles. The Balaban J connectivity index is 1.40. The molecule has 39 heteroatoms. The van der Waals surface area contributed by atoms with Gasteiger partial charge < -0.3 is 160 Å². The van der Waals surface area contributed by atoms with Gasteiger partial charge in [0.2, 0.25) is 41.4 Å². The molecule has 96 heavy (non-hydrogen) atoms. The van der Waals surface area contributed by atoms with Crippen LogP contribution in [0.1, 0.15) is 40.0 Å². The third kappa shape index (κ3) is 33.9. The standard InChI is InChI=1S/C57H104N8O31/c1-35(69)62-45-51(79)48(76)38(29-66)94-54(45)91-25-22-85-19-16-82-13-7-59-41(72)4-10-88-32-57(65-44(75)28-58,33-89-11-5-42(73)60-8-14-83-17-20-86-23-26-92-55-46(63-36(2)70)52(80)49(77)39(30-67)95-55)34-90-12-6-43(74)61-9-15-84-18-21-87-24-27-93-56-47(64-37(3)71)53(81)50(78)40(31-68)96-56/h38-40,45-56,66-68,76-81H,4-34,58H2,1-3H3,(H,59,72)(H,60,73)(H,61,74)(H,62,69)(H,63,70)(H,64,71)(H,65,75)/t38-,39-,40-,45-,46-,47-,48+,49+,50+,51-,52-,53-,54-,55-,56-/m1/s1. The zero-order valence-electron chi connectivity index (χ0n) is 54.7. The van der Waals surface area contributed by atoms with E-state index in [2.05, 4.69) is 37.2 Å². The molecule has 558 valence electrons. The molecule has 3 rings (SSSR count). The zero-order chi connectivity index (χ0) is 70.7. The first-order valence-corrected chi connectivity index (χ1v) is 31.6. The number of ether oxygens (including phenoxy) is 15. The van der Waals surface area contributed by atoms with Gasteiger partial charge in [0.15, 0.2) is 18.9 Å². The average molecular weight is 1400 g/mol. The average Bonchev–Trinajstić information content (AvgIpc) is 0.872. The monoisotopic (exact) mass is 1400 g/mol. The number of hydrogen-bond donors (Lipinski definition) is 17. The molecule has 0 aromatic rings. The molecule has 3 heterocycles. The van der Waals surface area contributed by atoms with Gasteiger partial charge in [-0.3, -0.25) is 33.6 Å². The number of carbonyl (C=O) groups is 7. The second-order valence-electron chi connectivity index (χ2n) is 22.1. The quantitative estimate of drug-likeness (QED) is 0.0252. The minimum absolute atomic E-state index is 0.0280. The van der Waals surface area contributed by atoms with Gasteiger partial charge in [-0.2, -0.15) is 0 Å². The van der Waals surface area contributed by atoms with Crippen LogP contribution in [-0.2, 0) is 105 Å². The lowest BCUT2D eigenvalue weighted by molar-refractivity contribution is -0.272. The molecule has 39 nitrogen and oxygen atoms in total. The van der Waals surface area contributed by atoms with Crippen molar-refractivity contribution in [2.45, 2.75) is 138 Å². The van der Waals surface area contributed by atoms with Crippen molar-refractivity contribution in [3.05, 3.63) is 0 Å². The molecular formula is C57H104N8O31. The Hall–Kier alpha value is -4.71. The van der Waals surface area contributed by atoms with Gasteiger partial charge in [0.05, 0.1) is 165 Å². The number of aliphatic hydroxyl groups excluding tert-OH is 9. The molecule has 18 N–H and O–H groups in total. The Morgan fingerprint density at radius 3 is 0.875 bits per heavy atom. The van der Waals surface area contributed by atoms with Crippen molar-refractivity contribution in [2.75, 3.05) is 185 Å². The van der Waals surface area contributed by atoms with Gasteiger partial charge in [-0.15, -0.1) is 0 Å². The van der Waals surface area contributed by atoms with Crippen molar-refractivity contribution in [1.29, 1.82) is 0 Å². The lowest BCUT2D eigenvalue weighted by Crippen LogP contribution is -2.64. The Kier molecular flexibility index (Phi) is 44.3. The third-order valence-electron chi connectivity index (χ3n) is 14.2. The van der Waals surface area contributed by atoms with E-state index in [0.717, 1.165) is 0 Å². The maximum atomic E-state index is 12.9. The van der Waals surface area contributed by atoms with Gasteiger partial charge in [0.1, 0.15) is 78.6 Å². The first-order chi connectivity index (χ1) is 46.1. The summed E-state index contributed by atoms with van der Waals surface area (Å²) in [5.74, 6) is -3.26. The zero-order valence-corrected chi connectivity index (χ0v) is 54.7. The highest BCUT2D eigenvalue weighted by molar-refractivity contribution is 5.79. The molecule has 0 aliphatic carbocycles. The van der Waals surface area contributed by atoms with Gasteiger partial charge in [-0.25, -0.2) is 0 Å². The van der Waals surface area contributed by atoms with Crippen molar-refractivity contribution in [2.24, 2.45) is 5.73 Å². The Bertz CT molecular complexity index is 1970. The van der Waals surface area contributed by atoms with Gasteiger partial charge in [0.25, 0.3) is 0 Å². The summed E-state index contributed by atoms with van der Waals surface area (Å²) in [6.45, 7) is 2.11. The van der Waals surface area contributed by atoms with Crippen LogP contribution in [0.5, 0.6) is 0 Å². The highest BCUT2D eigenvalue weighted by atomic mass is 16.7. The van der Waals surface area contributed by atoms with Crippen LogP contribution in [0.2, 0.25) is 0 Å². The fourth-order valence-corrected chi connectivity index (χ4v) is 9.40. The molecule has 0 radical (unpaired) electrons. The van der Waals surface area contributed by atoms with Crippen molar-refractivity contribution < 1.29 is 151 Å². The second-order valence-corrected chi connectivity index (χ2v) is 22.1. The summed E-state index contributed by atoms with van der Waals surface area (Å²) in [6, 6.07) is -3.28. The lowest BCUT2D eigenvalue weighted by Gasteiger charge is -2.42. The van der Waals surface area contributed by atoms with E-state index in [-0.39, 0.29) is 195 Å². The summed E-state index contributed by atoms with van der Waals surface area (Å²) in [4.78, 5) is 86.0. The first-order valence-electron chi connectivity index (χ1n) is 31.6. The molecule has 0 aromatic heterocycles. The van der Waals surface area contributed by atoms with Gasteiger partial charge >= 0.3 is 0 Å². The van der Waals surface area contributed by atoms with Crippen LogP contribution in [0.3, 0.4) is 0 Å². The number of nitrogens with two attached hydrogens (primary N) is 1. The summed E-state index contributed by atoms with van der Waals surface area (Å²) < 4.78 is 84.0. The van der Waals surface area contributed by atoms with E-state index in [1.54, 1.807) is 0 Å². The van der Waals surface area contributed by atoms with Crippen LogP contribution in [0.4, 0.5) is 0 Å². The molecule has 3 fully saturated rings. The van der Waals surface area contributed by atoms with Crippen LogP contribution in [-0.4, -0.2) is 370 Å². The minimum Gasteiger partial charge on any atom is -0.394 e. The Labute approximate surface area is 555 Å². The maximum absolute atomic E-state index is 12.9. The number of aliphatic hydroxyl groups is 9. The second kappa shape index (κ2) is 49.7. The van der Waals surface area contributed by atoms with Gasteiger partial charge in [0, 0.05) is 59.7 Å². The maximum Gasteiger partial charge on any atom is 0.234 e. The number of amides is 7. The van der Waals surface area contributed by atoms with E-state index in [0.29, 0.717) is 0 Å². The minimum atomic E-state index is -1.46. The van der Waals surface area contributed by atoms with E-state index in [1.165, 1.54) is 20.8 Å². The molecule has 0 saturated carbocycles. The molecule has 0 bridgehead atoms. The number of rotatable bonds is 53. The number of nitrogens with one attached hydrogen (secondary N) is 7. The molecule has 0 spiro atoms. The highest BCUT2D eigenvalue weighted by Gasteiger charge is 2.48. The molecule has 3 aliphatic rings. The van der Waals surface area contributed by atoms with Crippen molar-refractivity contribution in [3.8, 4) is 0 Å². The van der Waals surface area contributed by atoms with Crippen molar-refractivity contribution >= 4 is 41.4 Å². The van der Waals surface area contributed by atoms with Gasteiger partial charge in [-0.1, -0.05) is 0 Å². The normalized spacial score (nSPS) is 25.9. The fourth-order valence-electron chi connectivity index (χ4n) is 9.40. The summed E-state index contributed by atoms with van der Waals surface area (Å²) in [7, 11) is 0. The van der Waals surface area contributed by atoms with Crippen LogP contribution in [0.15, 0.2) is 0 Å². The molecule has 0 unspecified atom stereocenters. The van der Waals surface area contributed by atoms with Crippen LogP contribution < -0.4 is 43.0 Å². The number of hydrogen-bond acceptors (Lipinski definition) is 32. The molecule has 3 aliphatic heterocycles. The van der Waals surface area contributed by atoms with Crippen molar-refractivity contribution in [1.82, 2.24) is 37.2 Å². The van der Waals surface area contributed by atoms with Gasteiger partial charge in [-0.05, 0) is 0 Å². The lowest BCUT2D eigenvalue weighted by atomic mass is 9.97. The predicted octanol–water partition coefficient (Wildman–Crippen LogP) is -10.7. The van der Waals surface area contributed by atoms with E-state index in [1.807, 2.05) is 0 Å². The van der Waals surface area contributed by atoms with E-state index < -0.39 is 147 Å².